The molecule has 0 bridgehead atoms. The minimum absolute atomic E-state index is 0.815. The molecule has 3 aromatic carbocycles. The standard InChI is InChI=1S/C26H20O2/c1-27-25-17-12-21(13-18-25)7-6-10-24(23-8-4-3-5-9-23)16-11-22-14-19-26(28-2)20-15-22/h3-5,8-10,12-15,17-20H,1-2H3/b24-10+. The van der Waals surface area contributed by atoms with Gasteiger partial charge < -0.3 is 9.47 Å². The van der Waals surface area contributed by atoms with Gasteiger partial charge in [-0.2, -0.15) is 0 Å². The monoisotopic (exact) mass is 364 g/mol. The van der Waals surface area contributed by atoms with Crippen molar-refractivity contribution in [1.29, 1.82) is 0 Å². The van der Waals surface area contributed by atoms with Crippen LogP contribution in [0.1, 0.15) is 16.7 Å². The van der Waals surface area contributed by atoms with Crippen LogP contribution in [0.2, 0.25) is 0 Å². The molecule has 0 N–H and O–H groups in total. The van der Waals surface area contributed by atoms with Gasteiger partial charge in [-0.3, -0.25) is 0 Å². The van der Waals surface area contributed by atoms with Gasteiger partial charge in [-0.25, -0.2) is 0 Å². The van der Waals surface area contributed by atoms with Crippen molar-refractivity contribution in [3.8, 4) is 35.2 Å². The Balaban J connectivity index is 1.88. The van der Waals surface area contributed by atoms with Crippen molar-refractivity contribution in [1.82, 2.24) is 0 Å². The number of hydrogen-bond acceptors (Lipinski definition) is 2. The summed E-state index contributed by atoms with van der Waals surface area (Å²) in [6.07, 6.45) is 1.86. The molecule has 0 saturated heterocycles. The highest BCUT2D eigenvalue weighted by Crippen LogP contribution is 2.15. The molecule has 0 amide bonds. The molecule has 0 aliphatic carbocycles. The van der Waals surface area contributed by atoms with Crippen LogP contribution >= 0.6 is 0 Å². The van der Waals surface area contributed by atoms with Crippen LogP contribution in [0.15, 0.2) is 84.9 Å². The summed E-state index contributed by atoms with van der Waals surface area (Å²) < 4.78 is 10.4. The smallest absolute Gasteiger partial charge is 0.118 e. The van der Waals surface area contributed by atoms with Crippen molar-refractivity contribution in [3.63, 3.8) is 0 Å². The van der Waals surface area contributed by atoms with Gasteiger partial charge in [-0.15, -0.1) is 0 Å². The number of benzene rings is 3. The van der Waals surface area contributed by atoms with E-state index in [1.165, 1.54) is 0 Å². The summed E-state index contributed by atoms with van der Waals surface area (Å²) in [6.45, 7) is 0. The molecule has 28 heavy (non-hydrogen) atoms. The molecular formula is C26H20O2. The van der Waals surface area contributed by atoms with Gasteiger partial charge in [0.1, 0.15) is 11.5 Å². The summed E-state index contributed by atoms with van der Waals surface area (Å²) in [5.74, 6) is 14.3. The summed E-state index contributed by atoms with van der Waals surface area (Å²) in [7, 11) is 3.30. The SMILES string of the molecule is COc1ccc(C#C/C=C(\C#Cc2ccc(OC)cc2)c2ccccc2)cc1. The number of ether oxygens (including phenoxy) is 2. The molecule has 0 heterocycles. The molecule has 0 aliphatic heterocycles. The topological polar surface area (TPSA) is 18.5 Å². The van der Waals surface area contributed by atoms with Gasteiger partial charge in [0, 0.05) is 22.8 Å². The maximum Gasteiger partial charge on any atom is 0.118 e. The van der Waals surface area contributed by atoms with E-state index in [4.69, 9.17) is 9.47 Å². The Morgan fingerprint density at radius 3 is 1.75 bits per heavy atom. The Hall–Kier alpha value is -3.88. The molecule has 3 rings (SSSR count). The van der Waals surface area contributed by atoms with Gasteiger partial charge in [0.15, 0.2) is 0 Å². The number of allylic oxidation sites excluding steroid dienone is 2. The molecule has 2 heteroatoms. The van der Waals surface area contributed by atoms with Crippen LogP contribution in [-0.4, -0.2) is 14.2 Å². The molecule has 3 aromatic rings. The minimum atomic E-state index is 0.815. The zero-order valence-electron chi connectivity index (χ0n) is 15.9. The predicted octanol–water partition coefficient (Wildman–Crippen LogP) is 5.19. The second-order valence-corrected chi connectivity index (χ2v) is 5.90. The summed E-state index contributed by atoms with van der Waals surface area (Å²) in [5.41, 5.74) is 3.75. The van der Waals surface area contributed by atoms with Gasteiger partial charge in [-0.05, 0) is 54.1 Å². The molecule has 0 aliphatic rings. The van der Waals surface area contributed by atoms with E-state index in [1.807, 2.05) is 84.9 Å². The highest BCUT2D eigenvalue weighted by Gasteiger charge is 1.97. The largest absolute Gasteiger partial charge is 0.497 e. The van der Waals surface area contributed by atoms with Crippen LogP contribution < -0.4 is 9.47 Å². The number of rotatable bonds is 3. The Bertz CT molecular complexity index is 1050. The lowest BCUT2D eigenvalue weighted by atomic mass is 10.1. The zero-order chi connectivity index (χ0) is 19.6. The third-order valence-electron chi connectivity index (χ3n) is 4.04. The second-order valence-electron chi connectivity index (χ2n) is 5.90. The van der Waals surface area contributed by atoms with Crippen molar-refractivity contribution in [2.45, 2.75) is 0 Å². The van der Waals surface area contributed by atoms with E-state index in [0.29, 0.717) is 0 Å². The third-order valence-corrected chi connectivity index (χ3v) is 4.04. The fourth-order valence-electron chi connectivity index (χ4n) is 2.49. The molecule has 0 radical (unpaired) electrons. The van der Waals surface area contributed by atoms with Crippen molar-refractivity contribution in [2.24, 2.45) is 0 Å². The average Bonchev–Trinajstić information content (AvgIpc) is 2.77. The quantitative estimate of drug-likeness (QED) is 0.596. The molecule has 136 valence electrons. The van der Waals surface area contributed by atoms with Gasteiger partial charge in [0.05, 0.1) is 14.2 Å². The maximum absolute atomic E-state index is 5.19. The summed E-state index contributed by atoms with van der Waals surface area (Å²) in [4.78, 5) is 0. The van der Waals surface area contributed by atoms with E-state index < -0.39 is 0 Å². The van der Waals surface area contributed by atoms with Crippen LogP contribution in [0.4, 0.5) is 0 Å². The fourth-order valence-corrected chi connectivity index (χ4v) is 2.49. The van der Waals surface area contributed by atoms with Crippen molar-refractivity contribution in [3.05, 3.63) is 102 Å². The van der Waals surface area contributed by atoms with E-state index in [-0.39, 0.29) is 0 Å². The van der Waals surface area contributed by atoms with Crippen molar-refractivity contribution < 1.29 is 9.47 Å². The predicted molar refractivity (Wildman–Crippen MR) is 114 cm³/mol. The van der Waals surface area contributed by atoms with Crippen molar-refractivity contribution >= 4 is 5.57 Å². The Labute approximate surface area is 166 Å². The molecule has 0 fully saturated rings. The highest BCUT2D eigenvalue weighted by atomic mass is 16.5. The normalized spacial score (nSPS) is 10.1. The highest BCUT2D eigenvalue weighted by molar-refractivity contribution is 5.81. The van der Waals surface area contributed by atoms with Gasteiger partial charge in [0.25, 0.3) is 0 Å². The lowest BCUT2D eigenvalue weighted by molar-refractivity contribution is 0.414. The van der Waals surface area contributed by atoms with Gasteiger partial charge in [0.2, 0.25) is 0 Å². The van der Waals surface area contributed by atoms with Crippen LogP contribution in [0.25, 0.3) is 5.57 Å². The van der Waals surface area contributed by atoms with E-state index in [1.54, 1.807) is 14.2 Å². The summed E-state index contributed by atoms with van der Waals surface area (Å²) in [5, 5.41) is 0. The first kappa shape index (κ1) is 18.9. The maximum atomic E-state index is 5.19. The second kappa shape index (κ2) is 9.72. The van der Waals surface area contributed by atoms with Crippen LogP contribution in [0, 0.1) is 23.7 Å². The van der Waals surface area contributed by atoms with Gasteiger partial charge >= 0.3 is 0 Å². The summed E-state index contributed by atoms with van der Waals surface area (Å²) >= 11 is 0. The average molecular weight is 364 g/mol. The van der Waals surface area contributed by atoms with Crippen LogP contribution in [-0.2, 0) is 0 Å². The molecule has 0 aromatic heterocycles. The molecule has 0 saturated carbocycles. The molecule has 0 spiro atoms. The molecule has 0 unspecified atom stereocenters. The third kappa shape index (κ3) is 5.31. The lowest BCUT2D eigenvalue weighted by Gasteiger charge is -1.99. The molecule has 2 nitrogen and oxygen atoms in total. The van der Waals surface area contributed by atoms with Crippen LogP contribution in [0.5, 0.6) is 11.5 Å². The van der Waals surface area contributed by atoms with Crippen LogP contribution in [0.3, 0.4) is 0 Å². The zero-order valence-corrected chi connectivity index (χ0v) is 15.9. The number of hydrogen-bond donors (Lipinski definition) is 0. The Morgan fingerprint density at radius 1 is 0.679 bits per heavy atom. The van der Waals surface area contributed by atoms with E-state index >= 15 is 0 Å². The van der Waals surface area contributed by atoms with E-state index in [0.717, 1.165) is 33.8 Å². The molecular weight excluding hydrogens is 344 g/mol. The first-order valence-corrected chi connectivity index (χ1v) is 8.86. The first-order chi connectivity index (χ1) is 13.8. The van der Waals surface area contributed by atoms with Crippen molar-refractivity contribution in [2.75, 3.05) is 14.2 Å². The molecule has 0 atom stereocenters. The van der Waals surface area contributed by atoms with Gasteiger partial charge in [-0.1, -0.05) is 54.0 Å². The Morgan fingerprint density at radius 2 is 1.21 bits per heavy atom. The Kier molecular flexibility index (Phi) is 6.56. The van der Waals surface area contributed by atoms with E-state index in [2.05, 4.69) is 23.7 Å². The fraction of sp³-hybridized carbons (Fsp3) is 0.0769. The lowest BCUT2D eigenvalue weighted by Crippen LogP contribution is -1.83. The first-order valence-electron chi connectivity index (χ1n) is 8.86. The van der Waals surface area contributed by atoms with E-state index in [9.17, 15) is 0 Å². The minimum Gasteiger partial charge on any atom is -0.497 e. The number of methoxy groups -OCH3 is 2. The summed E-state index contributed by atoms with van der Waals surface area (Å²) in [6, 6.07) is 25.4.